The van der Waals surface area contributed by atoms with E-state index in [0.29, 0.717) is 43.7 Å². The van der Waals surface area contributed by atoms with Crippen LogP contribution >= 0.6 is 23.2 Å². The van der Waals surface area contributed by atoms with Gasteiger partial charge in [0.05, 0.1) is 22.5 Å². The maximum absolute atomic E-state index is 13.0. The first kappa shape index (κ1) is 21.6. The Bertz CT molecular complexity index is 1220. The maximum atomic E-state index is 13.0. The second kappa shape index (κ2) is 9.69. The van der Waals surface area contributed by atoms with Gasteiger partial charge < -0.3 is 0 Å². The summed E-state index contributed by atoms with van der Waals surface area (Å²) in [4.78, 5) is 26.0. The zero-order chi connectivity index (χ0) is 22.5. The van der Waals surface area contributed by atoms with Gasteiger partial charge in [0.2, 0.25) is 0 Å². The quantitative estimate of drug-likeness (QED) is 0.218. The Morgan fingerprint density at radius 2 is 0.906 bits per heavy atom. The number of benzene rings is 4. The first-order valence-electron chi connectivity index (χ1n) is 9.73. The molecule has 0 unspecified atom stereocenters. The summed E-state index contributed by atoms with van der Waals surface area (Å²) in [5.41, 5.74) is 2.35. The summed E-state index contributed by atoms with van der Waals surface area (Å²) >= 11 is 12.3. The third-order valence-corrected chi connectivity index (χ3v) is 5.21. The number of hydrogen-bond donors (Lipinski definition) is 0. The van der Waals surface area contributed by atoms with E-state index in [2.05, 4.69) is 10.2 Å². The first-order chi connectivity index (χ1) is 15.5. The Morgan fingerprint density at radius 1 is 0.531 bits per heavy atom. The molecule has 0 atom stereocenters. The summed E-state index contributed by atoms with van der Waals surface area (Å²) < 4.78 is 0. The predicted octanol–water partition coefficient (Wildman–Crippen LogP) is 7.87. The molecule has 0 radical (unpaired) electrons. The molecule has 4 aromatic carbocycles. The summed E-state index contributed by atoms with van der Waals surface area (Å²) in [5, 5.41) is 9.38. The van der Waals surface area contributed by atoms with Crippen LogP contribution in [0.3, 0.4) is 0 Å². The molecule has 0 amide bonds. The van der Waals surface area contributed by atoms with Gasteiger partial charge >= 0.3 is 0 Å². The Balaban J connectivity index is 1.73. The normalized spacial score (nSPS) is 10.9. The molecule has 0 aliphatic heterocycles. The highest BCUT2D eigenvalue weighted by molar-refractivity contribution is 6.31. The molecule has 0 aromatic heterocycles. The molecule has 0 saturated carbocycles. The SMILES string of the molecule is O=C(c1ccccc1)c1cc(Cl)ccc1N=Nc1ccc(Cl)cc1C(=O)c1ccccc1. The number of nitrogens with zero attached hydrogens (tertiary/aromatic N) is 2. The fourth-order valence-electron chi connectivity index (χ4n) is 3.15. The summed E-state index contributed by atoms with van der Waals surface area (Å²) in [6.07, 6.45) is 0. The van der Waals surface area contributed by atoms with Crippen molar-refractivity contribution < 1.29 is 9.59 Å². The topological polar surface area (TPSA) is 58.9 Å². The standard InChI is InChI=1S/C26H16Cl2N2O2/c27-19-11-13-23(21(15-19)25(31)17-7-3-1-4-8-17)29-30-24-14-12-20(28)16-22(24)26(32)18-9-5-2-6-10-18/h1-16H. The molecule has 0 spiro atoms. The van der Waals surface area contributed by atoms with Gasteiger partial charge in [-0.2, -0.15) is 0 Å². The number of carbonyl (C=O) groups excluding carboxylic acids is 2. The smallest absolute Gasteiger partial charge is 0.195 e. The van der Waals surface area contributed by atoms with Gasteiger partial charge in [-0.1, -0.05) is 83.9 Å². The highest BCUT2D eigenvalue weighted by Gasteiger charge is 2.16. The van der Waals surface area contributed by atoms with Crippen LogP contribution in [0.4, 0.5) is 11.4 Å². The van der Waals surface area contributed by atoms with Crippen molar-refractivity contribution in [2.45, 2.75) is 0 Å². The second-order valence-corrected chi connectivity index (χ2v) is 7.79. The molecule has 0 aliphatic carbocycles. The van der Waals surface area contributed by atoms with Crippen molar-refractivity contribution in [3.63, 3.8) is 0 Å². The molecular weight excluding hydrogens is 443 g/mol. The van der Waals surface area contributed by atoms with E-state index in [0.717, 1.165) is 0 Å². The molecule has 0 saturated heterocycles. The third-order valence-electron chi connectivity index (χ3n) is 4.74. The average Bonchev–Trinajstić information content (AvgIpc) is 2.84. The van der Waals surface area contributed by atoms with Crippen LogP contribution in [-0.4, -0.2) is 11.6 Å². The van der Waals surface area contributed by atoms with Crippen molar-refractivity contribution in [2.75, 3.05) is 0 Å². The van der Waals surface area contributed by atoms with Crippen molar-refractivity contribution in [2.24, 2.45) is 10.2 Å². The van der Waals surface area contributed by atoms with Crippen LogP contribution in [0.15, 0.2) is 107 Å². The fourth-order valence-corrected chi connectivity index (χ4v) is 3.50. The van der Waals surface area contributed by atoms with Gasteiger partial charge in [-0.05, 0) is 36.4 Å². The van der Waals surface area contributed by atoms with E-state index in [1.54, 1.807) is 84.9 Å². The molecule has 156 valence electrons. The number of azo groups is 1. The second-order valence-electron chi connectivity index (χ2n) is 6.91. The zero-order valence-corrected chi connectivity index (χ0v) is 18.2. The molecule has 4 nitrogen and oxygen atoms in total. The number of hydrogen-bond acceptors (Lipinski definition) is 4. The lowest BCUT2D eigenvalue weighted by Gasteiger charge is -2.07. The molecule has 6 heteroatoms. The van der Waals surface area contributed by atoms with Gasteiger partial charge in [-0.3, -0.25) is 9.59 Å². The van der Waals surface area contributed by atoms with Crippen molar-refractivity contribution in [1.29, 1.82) is 0 Å². The molecule has 4 rings (SSSR count). The summed E-state index contributed by atoms with van der Waals surface area (Å²) in [5.74, 6) is -0.447. The van der Waals surface area contributed by atoms with Crippen LogP contribution in [0.5, 0.6) is 0 Å². The third kappa shape index (κ3) is 4.83. The predicted molar refractivity (Wildman–Crippen MR) is 127 cm³/mol. The first-order valence-corrected chi connectivity index (χ1v) is 10.5. The van der Waals surface area contributed by atoms with Gasteiger partial charge in [0, 0.05) is 21.2 Å². The average molecular weight is 459 g/mol. The van der Waals surface area contributed by atoms with E-state index >= 15 is 0 Å². The van der Waals surface area contributed by atoms with Gasteiger partial charge in [0.1, 0.15) is 0 Å². The van der Waals surface area contributed by atoms with Crippen LogP contribution in [-0.2, 0) is 0 Å². The van der Waals surface area contributed by atoms with Gasteiger partial charge in [0.15, 0.2) is 11.6 Å². The van der Waals surface area contributed by atoms with Crippen molar-refractivity contribution >= 4 is 46.1 Å². The number of halogens is 2. The minimum atomic E-state index is -0.223. The van der Waals surface area contributed by atoms with Gasteiger partial charge in [0.25, 0.3) is 0 Å². The van der Waals surface area contributed by atoms with Crippen LogP contribution in [0.1, 0.15) is 31.8 Å². The fraction of sp³-hybridized carbons (Fsp3) is 0. The molecule has 0 N–H and O–H groups in total. The van der Waals surface area contributed by atoms with Crippen molar-refractivity contribution in [3.05, 3.63) is 129 Å². The minimum absolute atomic E-state index is 0.223. The minimum Gasteiger partial charge on any atom is -0.289 e. The Kier molecular flexibility index (Phi) is 6.55. The molecule has 0 bridgehead atoms. The van der Waals surface area contributed by atoms with E-state index < -0.39 is 0 Å². The van der Waals surface area contributed by atoms with Crippen LogP contribution in [0, 0.1) is 0 Å². The van der Waals surface area contributed by atoms with Gasteiger partial charge in [-0.25, -0.2) is 0 Å². The van der Waals surface area contributed by atoms with E-state index in [-0.39, 0.29) is 11.6 Å². The highest BCUT2D eigenvalue weighted by Crippen LogP contribution is 2.31. The van der Waals surface area contributed by atoms with E-state index in [1.807, 2.05) is 12.1 Å². The van der Waals surface area contributed by atoms with E-state index in [4.69, 9.17) is 23.2 Å². The monoisotopic (exact) mass is 458 g/mol. The zero-order valence-electron chi connectivity index (χ0n) is 16.7. The molecular formula is C26H16Cl2N2O2. The number of carbonyl (C=O) groups is 2. The van der Waals surface area contributed by atoms with E-state index in [1.165, 1.54) is 0 Å². The highest BCUT2D eigenvalue weighted by atomic mass is 35.5. The maximum Gasteiger partial charge on any atom is 0.195 e. The largest absolute Gasteiger partial charge is 0.289 e. The van der Waals surface area contributed by atoms with E-state index in [9.17, 15) is 9.59 Å². The molecule has 0 heterocycles. The van der Waals surface area contributed by atoms with Crippen LogP contribution in [0.2, 0.25) is 10.0 Å². The Labute approximate surface area is 195 Å². The molecule has 32 heavy (non-hydrogen) atoms. The van der Waals surface area contributed by atoms with Crippen LogP contribution in [0.25, 0.3) is 0 Å². The number of ketones is 2. The van der Waals surface area contributed by atoms with Crippen molar-refractivity contribution in [1.82, 2.24) is 0 Å². The summed E-state index contributed by atoms with van der Waals surface area (Å²) in [6.45, 7) is 0. The summed E-state index contributed by atoms with van der Waals surface area (Å²) in [7, 11) is 0. The lowest BCUT2D eigenvalue weighted by atomic mass is 10.0. The Morgan fingerprint density at radius 3 is 1.28 bits per heavy atom. The lowest BCUT2D eigenvalue weighted by Crippen LogP contribution is -2.02. The summed E-state index contributed by atoms with van der Waals surface area (Å²) in [6, 6.07) is 27.3. The Hall–Kier alpha value is -3.60. The number of rotatable bonds is 6. The van der Waals surface area contributed by atoms with Crippen molar-refractivity contribution in [3.8, 4) is 0 Å². The van der Waals surface area contributed by atoms with Crippen LogP contribution < -0.4 is 0 Å². The molecule has 0 aliphatic rings. The molecule has 4 aromatic rings. The lowest BCUT2D eigenvalue weighted by molar-refractivity contribution is 0.103. The van der Waals surface area contributed by atoms with Gasteiger partial charge in [-0.15, -0.1) is 10.2 Å². The molecule has 0 fully saturated rings.